The van der Waals surface area contributed by atoms with Crippen molar-refractivity contribution in [3.05, 3.63) is 29.3 Å². The molecule has 0 aliphatic rings. The molecule has 0 heterocycles. The highest BCUT2D eigenvalue weighted by molar-refractivity contribution is 7.90. The van der Waals surface area contributed by atoms with Crippen molar-refractivity contribution in [2.24, 2.45) is 0 Å². The number of hydrogen-bond acceptors (Lipinski definition) is 4. The standard InChI is InChI=1S/C9H11F2NO3S/c1-15-12-5-6-3-7(10)9(8(11)4-6)16(2,13)14/h3-4,12H,5H2,1-2H3. The zero-order valence-corrected chi connectivity index (χ0v) is 9.57. The summed E-state index contributed by atoms with van der Waals surface area (Å²) < 4.78 is 48.9. The summed E-state index contributed by atoms with van der Waals surface area (Å²) >= 11 is 0. The van der Waals surface area contributed by atoms with Crippen molar-refractivity contribution >= 4 is 9.84 Å². The first-order valence-corrected chi connectivity index (χ1v) is 6.19. The van der Waals surface area contributed by atoms with Gasteiger partial charge < -0.3 is 4.84 Å². The van der Waals surface area contributed by atoms with E-state index < -0.39 is 26.4 Å². The Hall–Kier alpha value is -1.05. The molecule has 0 saturated heterocycles. The monoisotopic (exact) mass is 251 g/mol. The minimum atomic E-state index is -3.90. The normalized spacial score (nSPS) is 11.8. The van der Waals surface area contributed by atoms with Gasteiger partial charge in [-0.15, -0.1) is 0 Å². The number of hydroxylamine groups is 1. The molecular formula is C9H11F2NO3S. The van der Waals surface area contributed by atoms with Gasteiger partial charge in [0.1, 0.15) is 16.5 Å². The molecule has 4 nitrogen and oxygen atoms in total. The van der Waals surface area contributed by atoms with E-state index in [0.717, 1.165) is 18.4 Å². The third-order valence-corrected chi connectivity index (χ3v) is 2.98. The minimum absolute atomic E-state index is 0.0778. The summed E-state index contributed by atoms with van der Waals surface area (Å²) in [4.78, 5) is 3.60. The Bertz CT molecular complexity index is 465. The molecule has 16 heavy (non-hydrogen) atoms. The molecule has 7 heteroatoms. The van der Waals surface area contributed by atoms with E-state index in [1.54, 1.807) is 0 Å². The van der Waals surface area contributed by atoms with Crippen LogP contribution in [0.2, 0.25) is 0 Å². The van der Waals surface area contributed by atoms with Gasteiger partial charge in [0.25, 0.3) is 0 Å². The van der Waals surface area contributed by atoms with Crippen LogP contribution in [0.4, 0.5) is 8.78 Å². The van der Waals surface area contributed by atoms with Crippen molar-refractivity contribution in [3.8, 4) is 0 Å². The topological polar surface area (TPSA) is 55.4 Å². The first kappa shape index (κ1) is 13.0. The van der Waals surface area contributed by atoms with Gasteiger partial charge in [-0.05, 0) is 17.7 Å². The van der Waals surface area contributed by atoms with Crippen LogP contribution >= 0.6 is 0 Å². The average molecular weight is 251 g/mol. The zero-order chi connectivity index (χ0) is 12.3. The molecule has 0 atom stereocenters. The molecule has 0 bridgehead atoms. The molecule has 0 spiro atoms. The molecule has 1 aromatic rings. The van der Waals surface area contributed by atoms with Crippen LogP contribution in [-0.2, 0) is 21.2 Å². The van der Waals surface area contributed by atoms with E-state index in [1.807, 2.05) is 0 Å². The van der Waals surface area contributed by atoms with Crippen LogP contribution in [0.1, 0.15) is 5.56 Å². The summed E-state index contributed by atoms with van der Waals surface area (Å²) in [6.07, 6.45) is 0.752. The van der Waals surface area contributed by atoms with Gasteiger partial charge in [0.05, 0.1) is 7.11 Å². The Morgan fingerprint density at radius 3 is 2.19 bits per heavy atom. The van der Waals surface area contributed by atoms with Crippen LogP contribution in [-0.4, -0.2) is 21.8 Å². The van der Waals surface area contributed by atoms with Crippen LogP contribution in [0.25, 0.3) is 0 Å². The van der Waals surface area contributed by atoms with Crippen LogP contribution in [0.5, 0.6) is 0 Å². The van der Waals surface area contributed by atoms with E-state index in [1.165, 1.54) is 7.11 Å². The van der Waals surface area contributed by atoms with Gasteiger partial charge >= 0.3 is 0 Å². The van der Waals surface area contributed by atoms with E-state index >= 15 is 0 Å². The number of sulfone groups is 1. The fourth-order valence-electron chi connectivity index (χ4n) is 1.22. The second-order valence-electron chi connectivity index (χ2n) is 3.19. The van der Waals surface area contributed by atoms with Crippen LogP contribution in [0.15, 0.2) is 17.0 Å². The Kier molecular flexibility index (Phi) is 3.95. The van der Waals surface area contributed by atoms with E-state index in [0.29, 0.717) is 0 Å². The van der Waals surface area contributed by atoms with Crippen molar-refractivity contribution in [3.63, 3.8) is 0 Å². The zero-order valence-electron chi connectivity index (χ0n) is 8.75. The summed E-state index contributed by atoms with van der Waals surface area (Å²) in [5.74, 6) is -2.20. The maximum absolute atomic E-state index is 13.3. The average Bonchev–Trinajstić information content (AvgIpc) is 2.11. The molecule has 0 aliphatic heterocycles. The molecule has 0 fully saturated rings. The number of halogens is 2. The smallest absolute Gasteiger partial charge is 0.181 e. The highest BCUT2D eigenvalue weighted by atomic mass is 32.2. The maximum atomic E-state index is 13.3. The molecule has 0 aromatic heterocycles. The van der Waals surface area contributed by atoms with Crippen LogP contribution in [0, 0.1) is 11.6 Å². The summed E-state index contributed by atoms with van der Waals surface area (Å²) in [5.41, 5.74) is 2.65. The van der Waals surface area contributed by atoms with Gasteiger partial charge in [-0.25, -0.2) is 17.2 Å². The van der Waals surface area contributed by atoms with Gasteiger partial charge in [-0.3, -0.25) is 0 Å². The Morgan fingerprint density at radius 1 is 1.31 bits per heavy atom. The van der Waals surface area contributed by atoms with Crippen molar-refractivity contribution in [2.75, 3.05) is 13.4 Å². The third kappa shape index (κ3) is 2.97. The lowest BCUT2D eigenvalue weighted by molar-refractivity contribution is 0.0865. The molecule has 1 aromatic carbocycles. The lowest BCUT2D eigenvalue weighted by Gasteiger charge is -2.06. The second kappa shape index (κ2) is 4.86. The molecule has 1 rings (SSSR count). The van der Waals surface area contributed by atoms with E-state index in [-0.39, 0.29) is 12.1 Å². The maximum Gasteiger partial charge on any atom is 0.181 e. The SMILES string of the molecule is CONCc1cc(F)c(S(C)(=O)=O)c(F)c1. The first-order valence-electron chi connectivity index (χ1n) is 4.30. The minimum Gasteiger partial charge on any atom is -0.305 e. The van der Waals surface area contributed by atoms with Crippen molar-refractivity contribution in [1.29, 1.82) is 0 Å². The Balaban J connectivity index is 3.18. The van der Waals surface area contributed by atoms with Crippen LogP contribution < -0.4 is 5.48 Å². The number of benzene rings is 1. The van der Waals surface area contributed by atoms with Gasteiger partial charge in [-0.2, -0.15) is 5.48 Å². The van der Waals surface area contributed by atoms with Gasteiger partial charge in [0.15, 0.2) is 9.84 Å². The van der Waals surface area contributed by atoms with Gasteiger partial charge in [-0.1, -0.05) is 0 Å². The summed E-state index contributed by atoms with van der Waals surface area (Å²) in [7, 11) is -2.54. The molecule has 0 saturated carbocycles. The molecule has 0 unspecified atom stereocenters. The summed E-state index contributed by atoms with van der Waals surface area (Å²) in [6, 6.07) is 1.90. The molecule has 0 radical (unpaired) electrons. The van der Waals surface area contributed by atoms with E-state index in [9.17, 15) is 17.2 Å². The van der Waals surface area contributed by atoms with E-state index in [2.05, 4.69) is 10.3 Å². The molecule has 0 aliphatic carbocycles. The number of nitrogens with one attached hydrogen (secondary N) is 1. The molecule has 90 valence electrons. The fraction of sp³-hybridized carbons (Fsp3) is 0.333. The van der Waals surface area contributed by atoms with Gasteiger partial charge in [0, 0.05) is 12.8 Å². The van der Waals surface area contributed by atoms with Gasteiger partial charge in [0.2, 0.25) is 0 Å². The molecule has 0 amide bonds. The highest BCUT2D eigenvalue weighted by Crippen LogP contribution is 2.20. The lowest BCUT2D eigenvalue weighted by atomic mass is 10.2. The van der Waals surface area contributed by atoms with Crippen molar-refractivity contribution < 1.29 is 22.0 Å². The third-order valence-electron chi connectivity index (χ3n) is 1.85. The lowest BCUT2D eigenvalue weighted by Crippen LogP contribution is -2.12. The number of rotatable bonds is 4. The predicted molar refractivity (Wildman–Crippen MR) is 53.3 cm³/mol. The molecule has 1 N–H and O–H groups in total. The van der Waals surface area contributed by atoms with Crippen molar-refractivity contribution in [2.45, 2.75) is 11.4 Å². The quantitative estimate of drug-likeness (QED) is 0.812. The Labute approximate surface area is 92.1 Å². The Morgan fingerprint density at radius 2 is 1.81 bits per heavy atom. The highest BCUT2D eigenvalue weighted by Gasteiger charge is 2.20. The van der Waals surface area contributed by atoms with Crippen LogP contribution in [0.3, 0.4) is 0 Å². The predicted octanol–water partition coefficient (Wildman–Crippen LogP) is 1.02. The summed E-state index contributed by atoms with van der Waals surface area (Å²) in [6.45, 7) is 0.0778. The fourth-order valence-corrected chi connectivity index (χ4v) is 2.05. The number of hydrogen-bond donors (Lipinski definition) is 1. The second-order valence-corrected chi connectivity index (χ2v) is 5.14. The van der Waals surface area contributed by atoms with Crippen molar-refractivity contribution in [1.82, 2.24) is 5.48 Å². The first-order chi connectivity index (χ1) is 7.36. The molecular weight excluding hydrogens is 240 g/mol. The van der Waals surface area contributed by atoms with E-state index in [4.69, 9.17) is 0 Å². The summed E-state index contributed by atoms with van der Waals surface area (Å²) in [5, 5.41) is 0. The largest absolute Gasteiger partial charge is 0.305 e.